The molecule has 19 heavy (non-hydrogen) atoms. The Morgan fingerprint density at radius 2 is 0.947 bits per heavy atom. The first-order valence-electron chi connectivity index (χ1n) is 6.90. The van der Waals surface area contributed by atoms with Crippen LogP contribution in [0.1, 0.15) is 27.7 Å². The van der Waals surface area contributed by atoms with E-state index in [0.29, 0.717) is 32.1 Å². The van der Waals surface area contributed by atoms with Crippen LogP contribution >= 0.6 is 0 Å². The molecule has 0 atom stereocenters. The molecule has 112 valence electrons. The third-order valence-electron chi connectivity index (χ3n) is 2.67. The van der Waals surface area contributed by atoms with Crippen molar-refractivity contribution in [2.75, 3.05) is 26.4 Å². The molecule has 0 unspecified atom stereocenters. The summed E-state index contributed by atoms with van der Waals surface area (Å²) in [5, 5.41) is 0. The average Bonchev–Trinajstić information content (AvgIpc) is 2.39. The van der Waals surface area contributed by atoms with Crippen molar-refractivity contribution in [2.45, 2.75) is 33.4 Å². The lowest BCUT2D eigenvalue weighted by molar-refractivity contribution is 0.175. The third-order valence-corrected chi connectivity index (χ3v) is 11.0. The van der Waals surface area contributed by atoms with Crippen LogP contribution in [0.15, 0.2) is 24.6 Å². The minimum Gasteiger partial charge on any atom is -0.392 e. The zero-order valence-electron chi connectivity index (χ0n) is 12.7. The van der Waals surface area contributed by atoms with Gasteiger partial charge in [0.1, 0.15) is 0 Å². The van der Waals surface area contributed by atoms with Gasteiger partial charge in [-0.1, -0.05) is 0 Å². The molecule has 0 saturated heterocycles. The van der Waals surface area contributed by atoms with Crippen molar-refractivity contribution in [1.29, 1.82) is 0 Å². The third kappa shape index (κ3) is 5.72. The molecule has 0 aromatic heterocycles. The van der Waals surface area contributed by atoms with Gasteiger partial charge in [0.2, 0.25) is 0 Å². The van der Waals surface area contributed by atoms with E-state index in [1.807, 2.05) is 39.1 Å². The van der Waals surface area contributed by atoms with E-state index < -0.39 is 17.1 Å². The lowest BCUT2D eigenvalue weighted by Crippen LogP contribution is -2.53. The summed E-state index contributed by atoms with van der Waals surface area (Å²) in [6.45, 7) is 18.0. The Morgan fingerprint density at radius 3 is 1.11 bits per heavy atom. The largest absolute Gasteiger partial charge is 0.392 e. The summed E-state index contributed by atoms with van der Waals surface area (Å²) in [6, 6.07) is 0. The first kappa shape index (κ1) is 18.8. The summed E-state index contributed by atoms with van der Waals surface area (Å²) in [4.78, 5) is 0. The molecule has 4 nitrogen and oxygen atoms in total. The Balaban J connectivity index is 5.19. The van der Waals surface area contributed by atoms with Gasteiger partial charge in [-0.3, -0.25) is 0 Å². The summed E-state index contributed by atoms with van der Waals surface area (Å²) in [6.07, 6.45) is 0. The molecule has 0 radical (unpaired) electrons. The summed E-state index contributed by atoms with van der Waals surface area (Å²) in [5.74, 6) is 0. The highest BCUT2D eigenvalue weighted by Gasteiger charge is 2.48. The lowest BCUT2D eigenvalue weighted by atomic mass is 10.9. The molecule has 0 aliphatic heterocycles. The van der Waals surface area contributed by atoms with Gasteiger partial charge in [0.05, 0.1) is 0 Å². The van der Waals surface area contributed by atoms with Gasteiger partial charge in [-0.25, -0.2) is 0 Å². The van der Waals surface area contributed by atoms with Crippen molar-refractivity contribution < 1.29 is 17.7 Å². The molecule has 0 saturated carbocycles. The van der Waals surface area contributed by atoms with Gasteiger partial charge in [-0.05, 0) is 39.1 Å². The van der Waals surface area contributed by atoms with Crippen LogP contribution in [0.5, 0.6) is 0 Å². The smallest absolute Gasteiger partial charge is 0.366 e. The molecule has 0 aromatic carbocycles. The molecule has 0 fully saturated rings. The van der Waals surface area contributed by atoms with Gasteiger partial charge < -0.3 is 17.7 Å². The molecular weight excluding hydrogens is 276 g/mol. The Bertz CT molecular complexity index is 233. The van der Waals surface area contributed by atoms with E-state index in [1.165, 1.54) is 0 Å². The normalized spacial score (nSPS) is 12.4. The van der Waals surface area contributed by atoms with E-state index in [4.69, 9.17) is 17.7 Å². The van der Waals surface area contributed by atoms with E-state index in [9.17, 15) is 0 Å². The van der Waals surface area contributed by atoms with Gasteiger partial charge in [0, 0.05) is 32.1 Å². The molecule has 0 spiro atoms. The van der Waals surface area contributed by atoms with Gasteiger partial charge in [0.15, 0.2) is 0 Å². The molecular formula is C13H28O4Si2. The molecule has 0 aliphatic carbocycles. The second-order valence-corrected chi connectivity index (χ2v) is 10.6. The predicted molar refractivity (Wildman–Crippen MR) is 83.2 cm³/mol. The first-order valence-corrected chi connectivity index (χ1v) is 11.1. The van der Waals surface area contributed by atoms with Crippen LogP contribution < -0.4 is 0 Å². The first-order chi connectivity index (χ1) is 9.07. The summed E-state index contributed by atoms with van der Waals surface area (Å²) < 4.78 is 23.6. The van der Waals surface area contributed by atoms with Crippen LogP contribution in [-0.4, -0.2) is 43.5 Å². The zero-order chi connectivity index (χ0) is 14.8. The maximum atomic E-state index is 5.89. The molecule has 0 amide bonds. The topological polar surface area (TPSA) is 36.9 Å². The van der Waals surface area contributed by atoms with Crippen LogP contribution in [0.3, 0.4) is 0 Å². The standard InChI is InChI=1S/C13H28O4Si2/c1-7-14-18(11-5,15-8-2)13-19(12-6,16-9-3)17-10-4/h11-12H,5-10,13H2,1-4H3. The Kier molecular flexibility index (Phi) is 9.50. The number of hydrogen-bond donors (Lipinski definition) is 0. The molecule has 0 aromatic rings. The fourth-order valence-electron chi connectivity index (χ4n) is 1.99. The van der Waals surface area contributed by atoms with E-state index >= 15 is 0 Å². The van der Waals surface area contributed by atoms with E-state index in [1.54, 1.807) is 0 Å². The average molecular weight is 305 g/mol. The van der Waals surface area contributed by atoms with Crippen LogP contribution in [0.25, 0.3) is 0 Å². The Hall–Kier alpha value is -0.246. The van der Waals surface area contributed by atoms with Crippen molar-refractivity contribution in [1.82, 2.24) is 0 Å². The van der Waals surface area contributed by atoms with Crippen LogP contribution in [0, 0.1) is 0 Å². The highest BCUT2D eigenvalue weighted by molar-refractivity contribution is 6.90. The van der Waals surface area contributed by atoms with Crippen molar-refractivity contribution in [3.63, 3.8) is 0 Å². The maximum Gasteiger partial charge on any atom is 0.366 e. The van der Waals surface area contributed by atoms with Crippen molar-refractivity contribution in [3.8, 4) is 0 Å². The van der Waals surface area contributed by atoms with Gasteiger partial charge in [-0.2, -0.15) is 0 Å². The Labute approximate surface area is 119 Å². The fraction of sp³-hybridized carbons (Fsp3) is 0.692. The van der Waals surface area contributed by atoms with Gasteiger partial charge in [0.25, 0.3) is 0 Å². The van der Waals surface area contributed by atoms with E-state index in [2.05, 4.69) is 13.2 Å². The molecule has 0 N–H and O–H groups in total. The monoisotopic (exact) mass is 304 g/mol. The second kappa shape index (κ2) is 9.63. The van der Waals surface area contributed by atoms with Crippen molar-refractivity contribution in [3.05, 3.63) is 24.6 Å². The molecule has 0 bridgehead atoms. The van der Waals surface area contributed by atoms with Crippen LogP contribution in [-0.2, 0) is 17.7 Å². The number of rotatable bonds is 12. The summed E-state index contributed by atoms with van der Waals surface area (Å²) in [7, 11) is -4.99. The fourth-order valence-corrected chi connectivity index (χ4v) is 10.1. The minimum absolute atomic E-state index is 0.595. The summed E-state index contributed by atoms with van der Waals surface area (Å²) >= 11 is 0. The molecule has 0 rings (SSSR count). The number of hydrogen-bond acceptors (Lipinski definition) is 4. The van der Waals surface area contributed by atoms with E-state index in [0.717, 1.165) is 0 Å². The highest BCUT2D eigenvalue weighted by Crippen LogP contribution is 2.26. The molecule has 0 heterocycles. The zero-order valence-corrected chi connectivity index (χ0v) is 14.7. The lowest BCUT2D eigenvalue weighted by Gasteiger charge is -2.34. The molecule has 0 aliphatic rings. The van der Waals surface area contributed by atoms with Crippen LogP contribution in [0.2, 0.25) is 5.67 Å². The minimum atomic E-state index is -2.50. The van der Waals surface area contributed by atoms with Crippen LogP contribution in [0.4, 0.5) is 0 Å². The summed E-state index contributed by atoms with van der Waals surface area (Å²) in [5.41, 5.74) is 4.28. The van der Waals surface area contributed by atoms with Crippen molar-refractivity contribution >= 4 is 17.1 Å². The second-order valence-electron chi connectivity index (χ2n) is 3.94. The van der Waals surface area contributed by atoms with Gasteiger partial charge in [-0.15, -0.1) is 13.2 Å². The Morgan fingerprint density at radius 1 is 0.684 bits per heavy atom. The predicted octanol–water partition coefficient (Wildman–Crippen LogP) is 3.01. The van der Waals surface area contributed by atoms with Crippen molar-refractivity contribution in [2.24, 2.45) is 0 Å². The van der Waals surface area contributed by atoms with E-state index in [-0.39, 0.29) is 0 Å². The van der Waals surface area contributed by atoms with Gasteiger partial charge >= 0.3 is 17.1 Å². The highest BCUT2D eigenvalue weighted by atomic mass is 28.4. The maximum absolute atomic E-state index is 5.89. The quantitative estimate of drug-likeness (QED) is 0.519. The molecule has 6 heteroatoms. The SMILES string of the molecule is C=C[Si](C[Si](C=C)(OCC)OCC)(OCC)OCC.